The molecule has 0 aliphatic carbocycles. The molecule has 0 aromatic heterocycles. The SMILES string of the molecule is CCOC(CCN(Cc1ccccc1)C(=O)N(S)CCCNC(=O)OCc1ccccc1)OCC. The molecule has 192 valence electrons. The summed E-state index contributed by atoms with van der Waals surface area (Å²) in [7, 11) is 0. The van der Waals surface area contributed by atoms with Gasteiger partial charge in [-0.15, -0.1) is 0 Å². The molecule has 0 radical (unpaired) electrons. The Kier molecular flexibility index (Phi) is 13.7. The van der Waals surface area contributed by atoms with E-state index in [0.29, 0.717) is 52.2 Å². The summed E-state index contributed by atoms with van der Waals surface area (Å²) in [4.78, 5) is 26.8. The van der Waals surface area contributed by atoms with Gasteiger partial charge in [-0.25, -0.2) is 9.59 Å². The monoisotopic (exact) mass is 503 g/mol. The zero-order chi connectivity index (χ0) is 25.3. The second kappa shape index (κ2) is 16.8. The van der Waals surface area contributed by atoms with Crippen molar-refractivity contribution in [2.24, 2.45) is 0 Å². The van der Waals surface area contributed by atoms with Crippen molar-refractivity contribution in [2.45, 2.75) is 46.1 Å². The molecule has 35 heavy (non-hydrogen) atoms. The van der Waals surface area contributed by atoms with Crippen LogP contribution in [0.1, 0.15) is 37.8 Å². The fourth-order valence-electron chi connectivity index (χ4n) is 3.35. The van der Waals surface area contributed by atoms with Gasteiger partial charge in [0.05, 0.1) is 0 Å². The molecule has 0 saturated carbocycles. The minimum Gasteiger partial charge on any atom is -0.445 e. The summed E-state index contributed by atoms with van der Waals surface area (Å²) in [6, 6.07) is 19.1. The first-order valence-corrected chi connectivity index (χ1v) is 12.4. The third-order valence-corrected chi connectivity index (χ3v) is 5.45. The van der Waals surface area contributed by atoms with Crippen molar-refractivity contribution >= 4 is 24.9 Å². The molecule has 0 unspecified atom stereocenters. The molecule has 1 N–H and O–H groups in total. The number of ether oxygens (including phenoxy) is 3. The van der Waals surface area contributed by atoms with Crippen molar-refractivity contribution in [3.05, 3.63) is 71.8 Å². The van der Waals surface area contributed by atoms with E-state index in [9.17, 15) is 9.59 Å². The minimum absolute atomic E-state index is 0.211. The Morgan fingerprint density at radius 1 is 0.914 bits per heavy atom. The predicted octanol–water partition coefficient (Wildman–Crippen LogP) is 4.86. The molecule has 0 aliphatic heterocycles. The van der Waals surface area contributed by atoms with Gasteiger partial charge in [0.15, 0.2) is 6.29 Å². The third kappa shape index (κ3) is 11.5. The van der Waals surface area contributed by atoms with Crippen molar-refractivity contribution < 1.29 is 23.8 Å². The van der Waals surface area contributed by atoms with E-state index in [2.05, 4.69) is 18.1 Å². The van der Waals surface area contributed by atoms with Crippen molar-refractivity contribution in [3.63, 3.8) is 0 Å². The highest BCUT2D eigenvalue weighted by Gasteiger charge is 2.21. The van der Waals surface area contributed by atoms with Crippen molar-refractivity contribution in [1.29, 1.82) is 0 Å². The van der Waals surface area contributed by atoms with Gasteiger partial charge in [-0.3, -0.25) is 4.31 Å². The number of carbonyl (C=O) groups is 2. The number of hydrogen-bond acceptors (Lipinski definition) is 6. The molecule has 2 aromatic rings. The molecule has 0 bridgehead atoms. The Balaban J connectivity index is 1.81. The van der Waals surface area contributed by atoms with Crippen LogP contribution in [-0.2, 0) is 27.4 Å². The number of nitrogens with zero attached hydrogens (tertiary/aromatic N) is 2. The number of benzene rings is 2. The van der Waals surface area contributed by atoms with E-state index in [0.717, 1.165) is 11.1 Å². The van der Waals surface area contributed by atoms with Crippen molar-refractivity contribution in [3.8, 4) is 0 Å². The number of rotatable bonds is 15. The molecule has 2 rings (SSSR count). The van der Waals surface area contributed by atoms with E-state index in [4.69, 9.17) is 14.2 Å². The summed E-state index contributed by atoms with van der Waals surface area (Å²) in [6.45, 7) is 6.77. The van der Waals surface area contributed by atoms with Crippen LogP contribution in [0.25, 0.3) is 0 Å². The summed E-state index contributed by atoms with van der Waals surface area (Å²) in [5, 5.41) is 2.70. The maximum absolute atomic E-state index is 13.1. The number of thiol groups is 1. The summed E-state index contributed by atoms with van der Waals surface area (Å²) in [5.74, 6) is 0. The van der Waals surface area contributed by atoms with Crippen LogP contribution in [0.5, 0.6) is 0 Å². The van der Waals surface area contributed by atoms with Crippen LogP contribution in [0, 0.1) is 0 Å². The number of carbonyl (C=O) groups excluding carboxylic acids is 2. The van der Waals surface area contributed by atoms with Gasteiger partial charge in [0, 0.05) is 45.8 Å². The van der Waals surface area contributed by atoms with Gasteiger partial charge >= 0.3 is 12.1 Å². The highest BCUT2D eigenvalue weighted by Crippen LogP contribution is 2.13. The first-order valence-electron chi connectivity index (χ1n) is 12.0. The average molecular weight is 504 g/mol. The summed E-state index contributed by atoms with van der Waals surface area (Å²) < 4.78 is 17.8. The fraction of sp³-hybridized carbons (Fsp3) is 0.462. The maximum atomic E-state index is 13.1. The Bertz CT molecular complexity index is 851. The number of nitrogens with one attached hydrogen (secondary N) is 1. The second-order valence-corrected chi connectivity index (χ2v) is 8.27. The Hall–Kier alpha value is -2.75. The smallest absolute Gasteiger partial charge is 0.407 e. The average Bonchev–Trinajstić information content (AvgIpc) is 2.88. The zero-order valence-electron chi connectivity index (χ0n) is 20.6. The van der Waals surface area contributed by atoms with Crippen LogP contribution in [0.2, 0.25) is 0 Å². The summed E-state index contributed by atoms with van der Waals surface area (Å²) >= 11 is 4.41. The lowest BCUT2D eigenvalue weighted by Gasteiger charge is -2.29. The molecule has 2 aromatic carbocycles. The van der Waals surface area contributed by atoms with Gasteiger partial charge in [-0.1, -0.05) is 73.5 Å². The van der Waals surface area contributed by atoms with E-state index in [1.54, 1.807) is 4.90 Å². The van der Waals surface area contributed by atoms with Crippen LogP contribution in [-0.4, -0.2) is 60.5 Å². The molecule has 0 spiro atoms. The van der Waals surface area contributed by atoms with Crippen LogP contribution in [0.15, 0.2) is 60.7 Å². The lowest BCUT2D eigenvalue weighted by atomic mass is 10.2. The first kappa shape index (κ1) is 28.5. The molecular formula is C26H37N3O5S. The lowest BCUT2D eigenvalue weighted by molar-refractivity contribution is -0.141. The molecule has 8 nitrogen and oxygen atoms in total. The molecule has 0 saturated heterocycles. The van der Waals surface area contributed by atoms with E-state index in [-0.39, 0.29) is 18.9 Å². The number of alkyl carbamates (subject to hydrolysis) is 1. The molecular weight excluding hydrogens is 466 g/mol. The van der Waals surface area contributed by atoms with Crippen LogP contribution in [0.3, 0.4) is 0 Å². The summed E-state index contributed by atoms with van der Waals surface area (Å²) in [5.41, 5.74) is 1.94. The number of urea groups is 1. The zero-order valence-corrected chi connectivity index (χ0v) is 21.5. The van der Waals surface area contributed by atoms with Crippen LogP contribution in [0.4, 0.5) is 9.59 Å². The Labute approximate surface area is 214 Å². The largest absolute Gasteiger partial charge is 0.445 e. The summed E-state index contributed by atoms with van der Waals surface area (Å²) in [6.07, 6.45) is 0.233. The molecule has 9 heteroatoms. The number of hydrogen-bond donors (Lipinski definition) is 2. The van der Waals surface area contributed by atoms with Gasteiger partial charge in [0.25, 0.3) is 0 Å². The van der Waals surface area contributed by atoms with Gasteiger partial charge in [-0.05, 0) is 31.4 Å². The Morgan fingerprint density at radius 2 is 1.51 bits per heavy atom. The van der Waals surface area contributed by atoms with E-state index in [1.165, 1.54) is 4.31 Å². The van der Waals surface area contributed by atoms with E-state index in [1.807, 2.05) is 74.5 Å². The van der Waals surface area contributed by atoms with Crippen LogP contribution >= 0.6 is 12.8 Å². The van der Waals surface area contributed by atoms with Crippen LogP contribution < -0.4 is 5.32 Å². The molecule has 0 fully saturated rings. The highest BCUT2D eigenvalue weighted by molar-refractivity contribution is 7.78. The number of amides is 3. The standard InChI is InChI=1S/C26H37N3O5S/c1-3-32-24(33-4-2)16-19-28(20-22-12-7-5-8-13-22)26(31)29(35)18-11-17-27-25(30)34-21-23-14-9-6-10-15-23/h5-10,12-15,24,35H,3-4,11,16-21H2,1-2H3,(H,27,30). The first-order chi connectivity index (χ1) is 17.0. The lowest BCUT2D eigenvalue weighted by Crippen LogP contribution is -2.41. The second-order valence-electron chi connectivity index (χ2n) is 7.78. The fourth-order valence-corrected chi connectivity index (χ4v) is 3.61. The van der Waals surface area contributed by atoms with Crippen molar-refractivity contribution in [1.82, 2.24) is 14.5 Å². The Morgan fingerprint density at radius 3 is 2.11 bits per heavy atom. The van der Waals surface area contributed by atoms with E-state index < -0.39 is 6.09 Å². The van der Waals surface area contributed by atoms with Gasteiger partial charge < -0.3 is 24.4 Å². The molecule has 3 amide bonds. The van der Waals surface area contributed by atoms with E-state index >= 15 is 0 Å². The van der Waals surface area contributed by atoms with Gasteiger partial charge in [0.1, 0.15) is 6.61 Å². The topological polar surface area (TPSA) is 80.3 Å². The normalized spacial score (nSPS) is 10.7. The minimum atomic E-state index is -0.491. The molecule has 0 atom stereocenters. The predicted molar refractivity (Wildman–Crippen MR) is 139 cm³/mol. The maximum Gasteiger partial charge on any atom is 0.407 e. The molecule has 0 heterocycles. The highest BCUT2D eigenvalue weighted by atomic mass is 32.1. The van der Waals surface area contributed by atoms with Gasteiger partial charge in [-0.2, -0.15) is 0 Å². The quantitative estimate of drug-likeness (QED) is 0.206. The van der Waals surface area contributed by atoms with Crippen molar-refractivity contribution in [2.75, 3.05) is 32.8 Å². The molecule has 0 aliphatic rings. The van der Waals surface area contributed by atoms with Gasteiger partial charge in [0.2, 0.25) is 0 Å². The third-order valence-electron chi connectivity index (χ3n) is 5.08.